The maximum absolute atomic E-state index is 11.7. The lowest BCUT2D eigenvalue weighted by atomic mass is 10.0. The van der Waals surface area contributed by atoms with E-state index in [1.54, 1.807) is 0 Å². The molecule has 1 amide bonds. The normalized spacial score (nSPS) is 23.9. The lowest BCUT2D eigenvalue weighted by Crippen LogP contribution is -2.45. The van der Waals surface area contributed by atoms with Crippen molar-refractivity contribution in [2.45, 2.75) is 38.6 Å². The van der Waals surface area contributed by atoms with E-state index in [1.165, 1.54) is 0 Å². The summed E-state index contributed by atoms with van der Waals surface area (Å²) in [5.41, 5.74) is 0. The molecule has 14 heavy (non-hydrogen) atoms. The van der Waals surface area contributed by atoms with Crippen LogP contribution in [0.25, 0.3) is 0 Å². The van der Waals surface area contributed by atoms with Crippen LogP contribution in [0.3, 0.4) is 0 Å². The summed E-state index contributed by atoms with van der Waals surface area (Å²) >= 11 is 0. The van der Waals surface area contributed by atoms with E-state index >= 15 is 0 Å². The van der Waals surface area contributed by atoms with Crippen molar-refractivity contribution in [1.29, 1.82) is 0 Å². The Bertz CT molecular complexity index is 205. The highest BCUT2D eigenvalue weighted by atomic mass is 16.2. The SMILES string of the molecule is CCNC1CCN(C(=O)C2CC2)CC1. The van der Waals surface area contributed by atoms with E-state index in [-0.39, 0.29) is 0 Å². The second-order valence-corrected chi connectivity index (χ2v) is 4.43. The Morgan fingerprint density at radius 1 is 1.29 bits per heavy atom. The summed E-state index contributed by atoms with van der Waals surface area (Å²) in [7, 11) is 0. The number of piperidine rings is 1. The third-order valence-electron chi connectivity index (χ3n) is 3.23. The van der Waals surface area contributed by atoms with Crippen LogP contribution in [-0.2, 0) is 4.79 Å². The third kappa shape index (κ3) is 2.27. The van der Waals surface area contributed by atoms with Crippen LogP contribution in [0, 0.1) is 5.92 Å². The molecule has 1 N–H and O–H groups in total. The lowest BCUT2D eigenvalue weighted by molar-refractivity contribution is -0.133. The average Bonchev–Trinajstić information content (AvgIpc) is 3.02. The summed E-state index contributed by atoms with van der Waals surface area (Å²) in [4.78, 5) is 13.8. The van der Waals surface area contributed by atoms with E-state index in [9.17, 15) is 4.79 Å². The number of hydrogen-bond donors (Lipinski definition) is 1. The molecule has 1 aliphatic heterocycles. The Hall–Kier alpha value is -0.570. The molecule has 1 saturated heterocycles. The van der Waals surface area contributed by atoms with E-state index in [4.69, 9.17) is 0 Å². The summed E-state index contributed by atoms with van der Waals surface area (Å²) in [6.07, 6.45) is 4.52. The topological polar surface area (TPSA) is 32.3 Å². The van der Waals surface area contributed by atoms with E-state index in [0.717, 1.165) is 45.3 Å². The smallest absolute Gasteiger partial charge is 0.225 e. The minimum atomic E-state index is 0.394. The number of rotatable bonds is 3. The first-order valence-electron chi connectivity index (χ1n) is 5.83. The summed E-state index contributed by atoms with van der Waals surface area (Å²) in [5.74, 6) is 0.811. The van der Waals surface area contributed by atoms with Crippen molar-refractivity contribution in [3.05, 3.63) is 0 Å². The van der Waals surface area contributed by atoms with Crippen molar-refractivity contribution < 1.29 is 4.79 Å². The van der Waals surface area contributed by atoms with Gasteiger partial charge in [-0.25, -0.2) is 0 Å². The number of carbonyl (C=O) groups excluding carboxylic acids is 1. The Kier molecular flexibility index (Phi) is 3.06. The monoisotopic (exact) mass is 196 g/mol. The number of nitrogens with zero attached hydrogens (tertiary/aromatic N) is 1. The van der Waals surface area contributed by atoms with Crippen molar-refractivity contribution in [3.63, 3.8) is 0 Å². The van der Waals surface area contributed by atoms with Crippen molar-refractivity contribution in [2.24, 2.45) is 5.92 Å². The minimum absolute atomic E-state index is 0.394. The molecule has 3 nitrogen and oxygen atoms in total. The van der Waals surface area contributed by atoms with Gasteiger partial charge in [0.25, 0.3) is 0 Å². The summed E-state index contributed by atoms with van der Waals surface area (Å²) in [6, 6.07) is 0.642. The summed E-state index contributed by atoms with van der Waals surface area (Å²) in [6.45, 7) is 5.11. The molecule has 0 radical (unpaired) electrons. The highest BCUT2D eigenvalue weighted by Crippen LogP contribution is 2.31. The van der Waals surface area contributed by atoms with E-state index in [2.05, 4.69) is 17.1 Å². The summed E-state index contributed by atoms with van der Waals surface area (Å²) < 4.78 is 0. The fraction of sp³-hybridized carbons (Fsp3) is 0.909. The highest BCUT2D eigenvalue weighted by Gasteiger charge is 2.34. The molecular weight excluding hydrogens is 176 g/mol. The molecule has 0 bridgehead atoms. The van der Waals surface area contributed by atoms with Crippen molar-refractivity contribution >= 4 is 5.91 Å². The van der Waals surface area contributed by atoms with E-state index in [1.807, 2.05) is 0 Å². The van der Waals surface area contributed by atoms with Gasteiger partial charge in [-0.1, -0.05) is 6.92 Å². The number of likely N-dealkylation sites (tertiary alicyclic amines) is 1. The molecule has 2 aliphatic rings. The van der Waals surface area contributed by atoms with Crippen LogP contribution in [0.1, 0.15) is 32.6 Å². The predicted molar refractivity (Wildman–Crippen MR) is 56.0 cm³/mol. The van der Waals surface area contributed by atoms with Gasteiger partial charge >= 0.3 is 0 Å². The van der Waals surface area contributed by atoms with Gasteiger partial charge in [0.15, 0.2) is 0 Å². The molecule has 2 rings (SSSR count). The predicted octanol–water partition coefficient (Wildman–Crippen LogP) is 0.997. The molecule has 1 saturated carbocycles. The molecule has 0 atom stereocenters. The fourth-order valence-electron chi connectivity index (χ4n) is 2.18. The molecule has 0 spiro atoms. The second kappa shape index (κ2) is 4.30. The molecule has 3 heteroatoms. The van der Waals surface area contributed by atoms with Gasteiger partial charge in [-0.15, -0.1) is 0 Å². The molecule has 1 heterocycles. The van der Waals surface area contributed by atoms with Gasteiger partial charge < -0.3 is 10.2 Å². The molecule has 0 aromatic carbocycles. The van der Waals surface area contributed by atoms with Gasteiger partial charge in [-0.2, -0.15) is 0 Å². The zero-order chi connectivity index (χ0) is 9.97. The van der Waals surface area contributed by atoms with Crippen molar-refractivity contribution in [1.82, 2.24) is 10.2 Å². The Morgan fingerprint density at radius 3 is 2.43 bits per heavy atom. The van der Waals surface area contributed by atoms with Crippen molar-refractivity contribution in [2.75, 3.05) is 19.6 Å². The van der Waals surface area contributed by atoms with Crippen LogP contribution >= 0.6 is 0 Å². The zero-order valence-electron chi connectivity index (χ0n) is 8.96. The third-order valence-corrected chi connectivity index (χ3v) is 3.23. The largest absolute Gasteiger partial charge is 0.342 e. The molecule has 80 valence electrons. The van der Waals surface area contributed by atoms with Crippen LogP contribution < -0.4 is 5.32 Å². The van der Waals surface area contributed by atoms with Crippen LogP contribution in [-0.4, -0.2) is 36.5 Å². The zero-order valence-corrected chi connectivity index (χ0v) is 8.96. The maximum atomic E-state index is 11.7. The quantitative estimate of drug-likeness (QED) is 0.730. The Morgan fingerprint density at radius 2 is 1.93 bits per heavy atom. The van der Waals surface area contributed by atoms with Crippen molar-refractivity contribution in [3.8, 4) is 0 Å². The van der Waals surface area contributed by atoms with Crippen LogP contribution in [0.2, 0.25) is 0 Å². The van der Waals surface area contributed by atoms with Gasteiger partial charge in [0.05, 0.1) is 0 Å². The minimum Gasteiger partial charge on any atom is -0.342 e. The number of carbonyl (C=O) groups is 1. The first-order chi connectivity index (χ1) is 6.81. The van der Waals surface area contributed by atoms with Gasteiger partial charge in [0.2, 0.25) is 5.91 Å². The van der Waals surface area contributed by atoms with E-state index in [0.29, 0.717) is 17.9 Å². The Balaban J connectivity index is 1.74. The number of hydrogen-bond acceptors (Lipinski definition) is 2. The summed E-state index contributed by atoms with van der Waals surface area (Å²) in [5, 5.41) is 3.45. The van der Waals surface area contributed by atoms with Gasteiger partial charge in [-0.3, -0.25) is 4.79 Å². The molecular formula is C11H20N2O. The second-order valence-electron chi connectivity index (χ2n) is 4.43. The maximum Gasteiger partial charge on any atom is 0.225 e. The van der Waals surface area contributed by atoms with Gasteiger partial charge in [0.1, 0.15) is 0 Å². The number of amides is 1. The van der Waals surface area contributed by atoms with Gasteiger partial charge in [-0.05, 0) is 32.2 Å². The van der Waals surface area contributed by atoms with E-state index < -0.39 is 0 Å². The Labute approximate surface area is 85.8 Å². The molecule has 0 aromatic rings. The number of nitrogens with one attached hydrogen (secondary N) is 1. The fourth-order valence-corrected chi connectivity index (χ4v) is 2.18. The molecule has 2 fully saturated rings. The lowest BCUT2D eigenvalue weighted by Gasteiger charge is -2.32. The van der Waals surface area contributed by atoms with Gasteiger partial charge in [0, 0.05) is 25.0 Å². The first-order valence-corrected chi connectivity index (χ1v) is 5.83. The standard InChI is InChI=1S/C11H20N2O/c1-2-12-10-5-7-13(8-6-10)11(14)9-3-4-9/h9-10,12H,2-8H2,1H3. The van der Waals surface area contributed by atoms with Crippen LogP contribution in [0.15, 0.2) is 0 Å². The average molecular weight is 196 g/mol. The van der Waals surface area contributed by atoms with Crippen LogP contribution in [0.4, 0.5) is 0 Å². The van der Waals surface area contributed by atoms with Crippen LogP contribution in [0.5, 0.6) is 0 Å². The molecule has 1 aliphatic carbocycles. The molecule has 0 aromatic heterocycles. The first kappa shape index (κ1) is 9.97. The molecule has 0 unspecified atom stereocenters. The highest BCUT2D eigenvalue weighted by molar-refractivity contribution is 5.81.